The molecular weight excluding hydrogens is 422 g/mol. The van der Waals surface area contributed by atoms with Crippen LogP contribution in [0.3, 0.4) is 0 Å². The van der Waals surface area contributed by atoms with E-state index in [9.17, 15) is 9.59 Å². The second-order valence-corrected chi connectivity index (χ2v) is 8.14. The van der Waals surface area contributed by atoms with Crippen molar-refractivity contribution in [3.05, 3.63) is 100 Å². The number of fused-ring (bicyclic) bond motifs is 3. The van der Waals surface area contributed by atoms with E-state index in [2.05, 4.69) is 29.6 Å². The van der Waals surface area contributed by atoms with Crippen molar-refractivity contribution in [2.45, 2.75) is 19.3 Å². The predicted octanol–water partition coefficient (Wildman–Crippen LogP) is 6.48. The Morgan fingerprint density at radius 3 is 2.28 bits per heavy atom. The second-order valence-electron chi connectivity index (χ2n) is 7.74. The fraction of sp³-hybridized carbons (Fsp3) is 0.185. The number of alkyl carbamates (subject to hydrolysis) is 1. The number of amides is 1. The summed E-state index contributed by atoms with van der Waals surface area (Å²) < 4.78 is 5.53. The Kier molecular flexibility index (Phi) is 6.72. The minimum atomic E-state index is -0.427. The van der Waals surface area contributed by atoms with E-state index in [1.165, 1.54) is 29.2 Å². The summed E-state index contributed by atoms with van der Waals surface area (Å²) in [5.41, 5.74) is 6.21. The maximum Gasteiger partial charge on any atom is 0.407 e. The molecule has 1 aliphatic rings. The average molecular weight is 446 g/mol. The SMILES string of the molecule is CC(=O)c1ccc(C=CCCNC(=O)OCC2c3ccccc3-c3ccccc32)c(Cl)c1. The summed E-state index contributed by atoms with van der Waals surface area (Å²) in [6.45, 7) is 2.26. The molecule has 4 nitrogen and oxygen atoms in total. The first-order valence-corrected chi connectivity index (χ1v) is 11.0. The van der Waals surface area contributed by atoms with Crippen molar-refractivity contribution in [1.29, 1.82) is 0 Å². The van der Waals surface area contributed by atoms with Crippen LogP contribution in [0, 0.1) is 0 Å². The van der Waals surface area contributed by atoms with Gasteiger partial charge in [-0.3, -0.25) is 4.79 Å². The fourth-order valence-corrected chi connectivity index (χ4v) is 4.24. The van der Waals surface area contributed by atoms with Gasteiger partial charge in [0.05, 0.1) is 0 Å². The van der Waals surface area contributed by atoms with Gasteiger partial charge in [-0.25, -0.2) is 4.79 Å². The van der Waals surface area contributed by atoms with Crippen molar-refractivity contribution in [2.75, 3.05) is 13.2 Å². The number of halogens is 1. The molecule has 0 spiro atoms. The van der Waals surface area contributed by atoms with Crippen LogP contribution in [0.1, 0.15) is 46.3 Å². The molecule has 1 aliphatic carbocycles. The Hall–Kier alpha value is -3.37. The van der Waals surface area contributed by atoms with Gasteiger partial charge >= 0.3 is 6.09 Å². The molecule has 0 heterocycles. The van der Waals surface area contributed by atoms with Crippen LogP contribution in [-0.4, -0.2) is 25.0 Å². The molecule has 162 valence electrons. The third kappa shape index (κ3) is 4.76. The molecule has 3 aromatic rings. The summed E-state index contributed by atoms with van der Waals surface area (Å²) in [6, 6.07) is 21.7. The third-order valence-electron chi connectivity index (χ3n) is 5.63. The Morgan fingerprint density at radius 1 is 1.00 bits per heavy atom. The number of hydrogen-bond donors (Lipinski definition) is 1. The van der Waals surface area contributed by atoms with E-state index < -0.39 is 6.09 Å². The smallest absolute Gasteiger partial charge is 0.407 e. The summed E-state index contributed by atoms with van der Waals surface area (Å²) in [5.74, 6) is 0.0304. The summed E-state index contributed by atoms with van der Waals surface area (Å²) in [4.78, 5) is 23.6. The summed E-state index contributed by atoms with van der Waals surface area (Å²) >= 11 is 6.22. The largest absolute Gasteiger partial charge is 0.449 e. The molecule has 4 rings (SSSR count). The number of hydrogen-bond acceptors (Lipinski definition) is 3. The van der Waals surface area contributed by atoms with E-state index in [0.717, 1.165) is 5.56 Å². The van der Waals surface area contributed by atoms with Gasteiger partial charge in [-0.15, -0.1) is 0 Å². The first-order chi connectivity index (χ1) is 15.5. The van der Waals surface area contributed by atoms with Gasteiger partial charge in [0.2, 0.25) is 0 Å². The highest BCUT2D eigenvalue weighted by atomic mass is 35.5. The van der Waals surface area contributed by atoms with E-state index in [1.807, 2.05) is 42.5 Å². The van der Waals surface area contributed by atoms with E-state index in [1.54, 1.807) is 12.1 Å². The van der Waals surface area contributed by atoms with Crippen LogP contribution in [0.15, 0.2) is 72.8 Å². The maximum atomic E-state index is 12.2. The van der Waals surface area contributed by atoms with Gasteiger partial charge in [0.25, 0.3) is 0 Å². The molecule has 0 saturated carbocycles. The summed E-state index contributed by atoms with van der Waals surface area (Å²) in [6.07, 6.45) is 4.02. The van der Waals surface area contributed by atoms with Gasteiger partial charge in [-0.05, 0) is 47.2 Å². The van der Waals surface area contributed by atoms with Gasteiger partial charge in [-0.2, -0.15) is 0 Å². The second kappa shape index (κ2) is 9.84. The zero-order chi connectivity index (χ0) is 22.5. The lowest BCUT2D eigenvalue weighted by molar-refractivity contribution is 0.101. The topological polar surface area (TPSA) is 55.4 Å². The minimum absolute atomic E-state index is 0.0188. The molecule has 5 heteroatoms. The number of benzene rings is 3. The van der Waals surface area contributed by atoms with Crippen LogP contribution in [0.5, 0.6) is 0 Å². The third-order valence-corrected chi connectivity index (χ3v) is 5.96. The molecular formula is C27H24ClNO3. The molecule has 1 amide bonds. The Bertz CT molecular complexity index is 1140. The number of ether oxygens (including phenoxy) is 1. The number of nitrogens with one attached hydrogen (secondary N) is 1. The van der Waals surface area contributed by atoms with Crippen LogP contribution < -0.4 is 5.32 Å². The van der Waals surface area contributed by atoms with Crippen LogP contribution >= 0.6 is 11.6 Å². The van der Waals surface area contributed by atoms with E-state index in [4.69, 9.17) is 16.3 Å². The molecule has 32 heavy (non-hydrogen) atoms. The molecule has 0 saturated heterocycles. The molecule has 0 fully saturated rings. The minimum Gasteiger partial charge on any atom is -0.449 e. The van der Waals surface area contributed by atoms with Gasteiger partial charge < -0.3 is 10.1 Å². The van der Waals surface area contributed by atoms with Crippen molar-refractivity contribution in [2.24, 2.45) is 0 Å². The highest BCUT2D eigenvalue weighted by Gasteiger charge is 2.28. The molecule has 0 radical (unpaired) electrons. The summed E-state index contributed by atoms with van der Waals surface area (Å²) in [7, 11) is 0. The molecule has 0 aromatic heterocycles. The van der Waals surface area contributed by atoms with Gasteiger partial charge in [-0.1, -0.05) is 84.4 Å². The lowest BCUT2D eigenvalue weighted by Gasteiger charge is -2.14. The van der Waals surface area contributed by atoms with Crippen molar-refractivity contribution < 1.29 is 14.3 Å². The molecule has 0 unspecified atom stereocenters. The quantitative estimate of drug-likeness (QED) is 0.334. The van der Waals surface area contributed by atoms with Gasteiger partial charge in [0, 0.05) is 23.0 Å². The lowest BCUT2D eigenvalue weighted by atomic mass is 9.98. The van der Waals surface area contributed by atoms with E-state index in [-0.39, 0.29) is 11.7 Å². The van der Waals surface area contributed by atoms with Gasteiger partial charge in [0.1, 0.15) is 6.61 Å². The van der Waals surface area contributed by atoms with Crippen LogP contribution in [0.25, 0.3) is 17.2 Å². The Labute approximate surface area is 192 Å². The monoisotopic (exact) mass is 445 g/mol. The number of carbonyl (C=O) groups excluding carboxylic acids is 2. The average Bonchev–Trinajstić information content (AvgIpc) is 3.12. The highest BCUT2D eigenvalue weighted by Crippen LogP contribution is 2.44. The van der Waals surface area contributed by atoms with Crippen LogP contribution in [0.4, 0.5) is 4.79 Å². The van der Waals surface area contributed by atoms with E-state index >= 15 is 0 Å². The Morgan fingerprint density at radius 2 is 1.66 bits per heavy atom. The maximum absolute atomic E-state index is 12.2. The Balaban J connectivity index is 1.27. The number of Topliss-reactive ketones (excluding diaryl/α,β-unsaturated/α-hetero) is 1. The molecule has 0 bridgehead atoms. The molecule has 1 N–H and O–H groups in total. The van der Waals surface area contributed by atoms with E-state index in [0.29, 0.717) is 30.2 Å². The van der Waals surface area contributed by atoms with Crippen LogP contribution in [0.2, 0.25) is 5.02 Å². The molecule has 0 atom stereocenters. The zero-order valence-corrected chi connectivity index (χ0v) is 18.6. The van der Waals surface area contributed by atoms with Crippen molar-refractivity contribution in [3.8, 4) is 11.1 Å². The fourth-order valence-electron chi connectivity index (χ4n) is 4.00. The first-order valence-electron chi connectivity index (χ1n) is 10.6. The van der Waals surface area contributed by atoms with Crippen molar-refractivity contribution in [1.82, 2.24) is 5.32 Å². The number of ketones is 1. The summed E-state index contributed by atoms with van der Waals surface area (Å²) in [5, 5.41) is 3.32. The first kappa shape index (κ1) is 21.8. The number of carbonyl (C=O) groups is 2. The van der Waals surface area contributed by atoms with Crippen molar-refractivity contribution in [3.63, 3.8) is 0 Å². The zero-order valence-electron chi connectivity index (χ0n) is 17.8. The van der Waals surface area contributed by atoms with Gasteiger partial charge in [0.15, 0.2) is 5.78 Å². The highest BCUT2D eigenvalue weighted by molar-refractivity contribution is 6.32. The molecule has 3 aromatic carbocycles. The lowest BCUT2D eigenvalue weighted by Crippen LogP contribution is -2.26. The normalized spacial score (nSPS) is 12.4. The predicted molar refractivity (Wildman–Crippen MR) is 128 cm³/mol. The number of rotatable bonds is 7. The van der Waals surface area contributed by atoms with Crippen molar-refractivity contribution >= 4 is 29.6 Å². The molecule has 0 aliphatic heterocycles. The standard InChI is InChI=1S/C27H24ClNO3/c1-18(30)20-14-13-19(26(28)16-20)8-6-7-15-29-27(31)32-17-25-23-11-4-2-9-21(23)22-10-3-5-12-24(22)25/h2-6,8-14,16,25H,7,15,17H2,1H3,(H,29,31). The van der Waals surface area contributed by atoms with Crippen LogP contribution in [-0.2, 0) is 4.74 Å².